The van der Waals surface area contributed by atoms with Gasteiger partial charge in [-0.1, -0.05) is 0 Å². The number of carbonyl (C=O) groups is 1. The van der Waals surface area contributed by atoms with Gasteiger partial charge in [0.05, 0.1) is 0 Å². The summed E-state index contributed by atoms with van der Waals surface area (Å²) in [5.41, 5.74) is 0. The summed E-state index contributed by atoms with van der Waals surface area (Å²) in [7, 11) is 0. The fourth-order valence-corrected chi connectivity index (χ4v) is 2.09. The van der Waals surface area contributed by atoms with Gasteiger partial charge in [-0.15, -0.1) is 0 Å². The van der Waals surface area contributed by atoms with Crippen LogP contribution in [0.25, 0.3) is 0 Å². The van der Waals surface area contributed by atoms with Crippen LogP contribution < -0.4 is 0 Å². The fraction of sp³-hybridized carbons (Fsp3) is 0.727. The van der Waals surface area contributed by atoms with Gasteiger partial charge in [0.2, 0.25) is 0 Å². The van der Waals surface area contributed by atoms with Crippen molar-refractivity contribution >= 4 is 21.8 Å². The van der Waals surface area contributed by atoms with Crippen molar-refractivity contribution in [3.8, 4) is 10.8 Å². The zero-order valence-corrected chi connectivity index (χ0v) is 10.3. The number of nitrogens with zero attached hydrogens (tertiary/aromatic N) is 2. The Morgan fingerprint density at radius 2 is 1.93 bits per heavy atom. The van der Waals surface area contributed by atoms with Crippen LogP contribution in [0, 0.1) is 16.7 Å². The molecule has 82 valence electrons. The first-order valence-electron chi connectivity index (χ1n) is 5.42. The number of rotatable bonds is 2. The van der Waals surface area contributed by atoms with E-state index in [9.17, 15) is 4.79 Å². The molecule has 0 unspecified atom stereocenters. The van der Waals surface area contributed by atoms with E-state index in [2.05, 4.69) is 31.6 Å². The van der Waals surface area contributed by atoms with Gasteiger partial charge in [-0.25, -0.2) is 0 Å². The van der Waals surface area contributed by atoms with Gasteiger partial charge < -0.3 is 4.90 Å². The SMILES string of the molecule is O=C(C#CBr)N1CCN(CC2CC2)CC1. The van der Waals surface area contributed by atoms with Crippen LogP contribution in [-0.2, 0) is 4.79 Å². The summed E-state index contributed by atoms with van der Waals surface area (Å²) in [4.78, 5) is 18.2. The minimum atomic E-state index is -0.0575. The molecule has 2 aliphatic rings. The molecule has 3 nitrogen and oxygen atoms in total. The molecule has 1 heterocycles. The summed E-state index contributed by atoms with van der Waals surface area (Å²) >= 11 is 2.95. The first-order chi connectivity index (χ1) is 7.29. The van der Waals surface area contributed by atoms with Gasteiger partial charge >= 0.3 is 0 Å². The maximum atomic E-state index is 11.4. The van der Waals surface area contributed by atoms with Crippen LogP contribution in [0.2, 0.25) is 0 Å². The van der Waals surface area contributed by atoms with Gasteiger partial charge in [0.15, 0.2) is 0 Å². The quantitative estimate of drug-likeness (QED) is 0.697. The predicted octanol–water partition coefficient (Wildman–Crippen LogP) is 0.896. The molecule has 4 heteroatoms. The Bertz CT molecular complexity index is 295. The Morgan fingerprint density at radius 1 is 1.27 bits per heavy atom. The molecule has 2 rings (SSSR count). The van der Waals surface area contributed by atoms with Crippen LogP contribution in [0.5, 0.6) is 0 Å². The van der Waals surface area contributed by atoms with E-state index in [0.29, 0.717) is 0 Å². The smallest absolute Gasteiger partial charge is 0.299 e. The predicted molar refractivity (Wildman–Crippen MR) is 62.4 cm³/mol. The summed E-state index contributed by atoms with van der Waals surface area (Å²) < 4.78 is 0. The van der Waals surface area contributed by atoms with Gasteiger partial charge in [-0.3, -0.25) is 9.69 Å². The van der Waals surface area contributed by atoms with Crippen molar-refractivity contribution in [1.29, 1.82) is 0 Å². The lowest BCUT2D eigenvalue weighted by molar-refractivity contribution is -0.126. The van der Waals surface area contributed by atoms with E-state index >= 15 is 0 Å². The van der Waals surface area contributed by atoms with Gasteiger partial charge in [0.25, 0.3) is 5.91 Å². The van der Waals surface area contributed by atoms with E-state index in [4.69, 9.17) is 0 Å². The third-order valence-electron chi connectivity index (χ3n) is 3.03. The van der Waals surface area contributed by atoms with E-state index in [-0.39, 0.29) is 5.91 Å². The largest absolute Gasteiger partial charge is 0.329 e. The van der Waals surface area contributed by atoms with Crippen LogP contribution in [0.3, 0.4) is 0 Å². The Labute approximate surface area is 98.9 Å². The van der Waals surface area contributed by atoms with Gasteiger partial charge in [-0.2, -0.15) is 0 Å². The fourth-order valence-electron chi connectivity index (χ4n) is 1.92. The van der Waals surface area contributed by atoms with Crippen molar-refractivity contribution in [1.82, 2.24) is 9.80 Å². The molecule has 2 fully saturated rings. The third kappa shape index (κ3) is 3.22. The highest BCUT2D eigenvalue weighted by Crippen LogP contribution is 2.29. The van der Waals surface area contributed by atoms with E-state index in [0.717, 1.165) is 32.1 Å². The molecule has 0 aromatic heterocycles. The average Bonchev–Trinajstić information content (AvgIpc) is 3.03. The lowest BCUT2D eigenvalue weighted by atomic mass is 10.3. The second kappa shape index (κ2) is 5.00. The molecule has 1 aliphatic carbocycles. The highest BCUT2D eigenvalue weighted by atomic mass is 79.9. The number of amides is 1. The number of hydrogen-bond donors (Lipinski definition) is 0. The Kier molecular flexibility index (Phi) is 3.66. The topological polar surface area (TPSA) is 23.6 Å². The number of halogens is 1. The number of carbonyl (C=O) groups excluding carboxylic acids is 1. The zero-order valence-electron chi connectivity index (χ0n) is 8.71. The molecule has 1 saturated carbocycles. The Balaban J connectivity index is 1.74. The molecule has 0 atom stereocenters. The standard InChI is InChI=1S/C11H15BrN2O/c12-4-3-11(15)14-7-5-13(6-8-14)9-10-1-2-10/h10H,1-2,5-9H2. The molecular weight excluding hydrogens is 256 g/mol. The second-order valence-electron chi connectivity index (χ2n) is 4.26. The van der Waals surface area contributed by atoms with Crippen LogP contribution in [0.15, 0.2) is 0 Å². The lowest BCUT2D eigenvalue weighted by Gasteiger charge is -2.33. The molecule has 1 amide bonds. The Hall–Kier alpha value is -0.530. The molecule has 0 aromatic carbocycles. The van der Waals surface area contributed by atoms with E-state index in [1.165, 1.54) is 19.4 Å². The van der Waals surface area contributed by atoms with E-state index in [1.54, 1.807) is 0 Å². The molecule has 0 N–H and O–H groups in total. The van der Waals surface area contributed by atoms with Crippen LogP contribution in [0.4, 0.5) is 0 Å². The Morgan fingerprint density at radius 3 is 2.47 bits per heavy atom. The molecule has 15 heavy (non-hydrogen) atoms. The molecule has 0 spiro atoms. The highest BCUT2D eigenvalue weighted by molar-refractivity contribution is 9.12. The minimum Gasteiger partial charge on any atom is -0.329 e. The van der Waals surface area contributed by atoms with Crippen molar-refractivity contribution in [2.75, 3.05) is 32.7 Å². The molecule has 0 radical (unpaired) electrons. The monoisotopic (exact) mass is 270 g/mol. The molecule has 1 saturated heterocycles. The molecular formula is C11H15BrN2O. The summed E-state index contributed by atoms with van der Waals surface area (Å²) in [6.07, 6.45) is 2.79. The summed E-state index contributed by atoms with van der Waals surface area (Å²) in [5.74, 6) is 3.40. The first-order valence-corrected chi connectivity index (χ1v) is 6.22. The van der Waals surface area contributed by atoms with Crippen molar-refractivity contribution in [2.24, 2.45) is 5.92 Å². The van der Waals surface area contributed by atoms with Crippen molar-refractivity contribution in [2.45, 2.75) is 12.8 Å². The first kappa shape index (κ1) is 11.0. The van der Waals surface area contributed by atoms with E-state index < -0.39 is 0 Å². The lowest BCUT2D eigenvalue weighted by Crippen LogP contribution is -2.48. The normalized spacial score (nSPS) is 22.1. The third-order valence-corrected chi connectivity index (χ3v) is 3.23. The molecule has 0 aromatic rings. The highest BCUT2D eigenvalue weighted by Gasteiger charge is 2.27. The average molecular weight is 271 g/mol. The maximum Gasteiger partial charge on any atom is 0.299 e. The number of hydrogen-bond acceptors (Lipinski definition) is 2. The molecule has 0 bridgehead atoms. The zero-order chi connectivity index (χ0) is 10.7. The van der Waals surface area contributed by atoms with Gasteiger partial charge in [0.1, 0.15) is 0 Å². The van der Waals surface area contributed by atoms with E-state index in [1.807, 2.05) is 4.90 Å². The summed E-state index contributed by atoms with van der Waals surface area (Å²) in [5, 5.41) is 0. The molecule has 1 aliphatic heterocycles. The second-order valence-corrected chi connectivity index (χ2v) is 4.65. The maximum absolute atomic E-state index is 11.4. The van der Waals surface area contributed by atoms with Crippen molar-refractivity contribution in [3.05, 3.63) is 0 Å². The summed E-state index contributed by atoms with van der Waals surface area (Å²) in [6, 6.07) is 0. The van der Waals surface area contributed by atoms with Gasteiger partial charge in [-0.05, 0) is 23.6 Å². The van der Waals surface area contributed by atoms with Crippen molar-refractivity contribution < 1.29 is 4.79 Å². The summed E-state index contributed by atoms with van der Waals surface area (Å²) in [6.45, 7) is 4.89. The van der Waals surface area contributed by atoms with Gasteiger partial charge in [0, 0.05) is 54.6 Å². The van der Waals surface area contributed by atoms with Crippen LogP contribution in [-0.4, -0.2) is 48.4 Å². The van der Waals surface area contributed by atoms with Crippen LogP contribution >= 0.6 is 15.9 Å². The van der Waals surface area contributed by atoms with Crippen LogP contribution in [0.1, 0.15) is 12.8 Å². The van der Waals surface area contributed by atoms with Crippen molar-refractivity contribution in [3.63, 3.8) is 0 Å². The minimum absolute atomic E-state index is 0.0575. The number of piperazine rings is 1.